The molecule has 0 aromatic heterocycles. The van der Waals surface area contributed by atoms with Crippen LogP contribution in [0.3, 0.4) is 0 Å². The SMILES string of the molecule is Cc1ccccc1OCC(=O)NC1CC(=O)N(C(C)(C)C)C1. The van der Waals surface area contributed by atoms with E-state index in [1.807, 2.05) is 52.0 Å². The van der Waals surface area contributed by atoms with E-state index in [1.54, 1.807) is 4.90 Å². The van der Waals surface area contributed by atoms with Crippen molar-refractivity contribution >= 4 is 11.8 Å². The lowest BCUT2D eigenvalue weighted by Crippen LogP contribution is -2.45. The molecule has 5 nitrogen and oxygen atoms in total. The van der Waals surface area contributed by atoms with Crippen LogP contribution in [-0.2, 0) is 9.59 Å². The Kier molecular flexibility index (Phi) is 4.74. The lowest BCUT2D eigenvalue weighted by molar-refractivity contribution is -0.131. The Hall–Kier alpha value is -2.04. The number of hydrogen-bond acceptors (Lipinski definition) is 3. The van der Waals surface area contributed by atoms with Crippen molar-refractivity contribution < 1.29 is 14.3 Å². The van der Waals surface area contributed by atoms with E-state index >= 15 is 0 Å². The summed E-state index contributed by atoms with van der Waals surface area (Å²) in [4.78, 5) is 25.8. The number of hydrogen-bond donors (Lipinski definition) is 1. The van der Waals surface area contributed by atoms with Crippen molar-refractivity contribution in [3.63, 3.8) is 0 Å². The van der Waals surface area contributed by atoms with E-state index in [-0.39, 0.29) is 30.0 Å². The van der Waals surface area contributed by atoms with Gasteiger partial charge in [-0.2, -0.15) is 0 Å². The van der Waals surface area contributed by atoms with Gasteiger partial charge in [-0.1, -0.05) is 18.2 Å². The molecule has 0 aliphatic carbocycles. The average Bonchev–Trinajstić information content (AvgIpc) is 2.78. The van der Waals surface area contributed by atoms with Gasteiger partial charge in [-0.05, 0) is 39.3 Å². The molecule has 1 atom stereocenters. The van der Waals surface area contributed by atoms with Crippen LogP contribution in [0, 0.1) is 6.92 Å². The van der Waals surface area contributed by atoms with Gasteiger partial charge in [0.25, 0.3) is 5.91 Å². The Morgan fingerprint density at radius 2 is 2.05 bits per heavy atom. The molecule has 5 heteroatoms. The predicted octanol–water partition coefficient (Wildman–Crippen LogP) is 1.89. The van der Waals surface area contributed by atoms with Crippen molar-refractivity contribution in [2.45, 2.75) is 45.7 Å². The first kappa shape index (κ1) is 16.3. The third-order valence-electron chi connectivity index (χ3n) is 3.75. The molecule has 0 saturated carbocycles. The number of amides is 2. The van der Waals surface area contributed by atoms with E-state index < -0.39 is 0 Å². The van der Waals surface area contributed by atoms with Crippen LogP contribution in [0.1, 0.15) is 32.8 Å². The van der Waals surface area contributed by atoms with E-state index in [0.717, 1.165) is 5.56 Å². The number of aryl methyl sites for hydroxylation is 1. The van der Waals surface area contributed by atoms with Gasteiger partial charge in [-0.25, -0.2) is 0 Å². The Bertz CT molecular complexity index is 563. The fourth-order valence-electron chi connectivity index (χ4n) is 2.58. The van der Waals surface area contributed by atoms with Gasteiger partial charge in [0.1, 0.15) is 5.75 Å². The van der Waals surface area contributed by atoms with Gasteiger partial charge in [0, 0.05) is 18.5 Å². The summed E-state index contributed by atoms with van der Waals surface area (Å²) in [5.41, 5.74) is 0.777. The Labute approximate surface area is 131 Å². The van der Waals surface area contributed by atoms with Crippen LogP contribution in [0.5, 0.6) is 5.75 Å². The number of carbonyl (C=O) groups is 2. The number of benzene rings is 1. The minimum Gasteiger partial charge on any atom is -0.484 e. The highest BCUT2D eigenvalue weighted by Gasteiger charge is 2.36. The molecule has 1 unspecified atom stereocenters. The van der Waals surface area contributed by atoms with Crippen LogP contribution in [0.4, 0.5) is 0 Å². The molecule has 1 N–H and O–H groups in total. The van der Waals surface area contributed by atoms with Gasteiger partial charge in [0.05, 0.1) is 6.04 Å². The average molecular weight is 304 g/mol. The van der Waals surface area contributed by atoms with Gasteiger partial charge in [0.2, 0.25) is 5.91 Å². The van der Waals surface area contributed by atoms with E-state index in [0.29, 0.717) is 18.7 Å². The maximum Gasteiger partial charge on any atom is 0.258 e. The highest BCUT2D eigenvalue weighted by atomic mass is 16.5. The van der Waals surface area contributed by atoms with Crippen LogP contribution in [0.2, 0.25) is 0 Å². The van der Waals surface area contributed by atoms with E-state index in [2.05, 4.69) is 5.32 Å². The third-order valence-corrected chi connectivity index (χ3v) is 3.75. The van der Waals surface area contributed by atoms with Gasteiger partial charge >= 0.3 is 0 Å². The number of carbonyl (C=O) groups excluding carboxylic acids is 2. The van der Waals surface area contributed by atoms with Crippen molar-refractivity contribution in [1.29, 1.82) is 0 Å². The molecular formula is C17H24N2O3. The van der Waals surface area contributed by atoms with Crippen LogP contribution >= 0.6 is 0 Å². The second-order valence-corrected chi connectivity index (χ2v) is 6.70. The van der Waals surface area contributed by atoms with Gasteiger partial charge < -0.3 is 15.0 Å². The molecule has 2 rings (SSSR count). The largest absolute Gasteiger partial charge is 0.484 e. The second kappa shape index (κ2) is 6.38. The molecule has 1 fully saturated rings. The van der Waals surface area contributed by atoms with Crippen molar-refractivity contribution in [2.24, 2.45) is 0 Å². The third kappa shape index (κ3) is 4.00. The summed E-state index contributed by atoms with van der Waals surface area (Å²) < 4.78 is 5.52. The zero-order valence-corrected chi connectivity index (χ0v) is 13.7. The van der Waals surface area contributed by atoms with Gasteiger partial charge in [-0.3, -0.25) is 9.59 Å². The Balaban J connectivity index is 1.84. The highest BCUT2D eigenvalue weighted by molar-refractivity contribution is 5.83. The highest BCUT2D eigenvalue weighted by Crippen LogP contribution is 2.22. The zero-order valence-electron chi connectivity index (χ0n) is 13.7. The van der Waals surface area contributed by atoms with Crippen molar-refractivity contribution in [3.05, 3.63) is 29.8 Å². The van der Waals surface area contributed by atoms with Crippen LogP contribution in [-0.4, -0.2) is 41.4 Å². The molecule has 1 aromatic carbocycles. The standard InChI is InChI=1S/C17H24N2O3/c1-12-7-5-6-8-14(12)22-11-15(20)18-13-9-16(21)19(10-13)17(2,3)4/h5-8,13H,9-11H2,1-4H3,(H,18,20). The minimum absolute atomic E-state index is 0.0366. The second-order valence-electron chi connectivity index (χ2n) is 6.70. The quantitative estimate of drug-likeness (QED) is 0.924. The molecule has 22 heavy (non-hydrogen) atoms. The fourth-order valence-corrected chi connectivity index (χ4v) is 2.58. The minimum atomic E-state index is -0.214. The Morgan fingerprint density at radius 3 is 2.64 bits per heavy atom. The molecular weight excluding hydrogens is 280 g/mol. The predicted molar refractivity (Wildman–Crippen MR) is 84.7 cm³/mol. The molecule has 1 heterocycles. The molecule has 120 valence electrons. The summed E-state index contributed by atoms with van der Waals surface area (Å²) in [5, 5.41) is 2.87. The lowest BCUT2D eigenvalue weighted by atomic mass is 10.1. The summed E-state index contributed by atoms with van der Waals surface area (Å²) >= 11 is 0. The van der Waals surface area contributed by atoms with Crippen LogP contribution in [0.25, 0.3) is 0 Å². The molecule has 1 saturated heterocycles. The summed E-state index contributed by atoms with van der Waals surface area (Å²) in [6.45, 7) is 8.44. The molecule has 1 aromatic rings. The normalized spacial score (nSPS) is 18.5. The first-order valence-electron chi connectivity index (χ1n) is 7.55. The van der Waals surface area contributed by atoms with Crippen LogP contribution in [0.15, 0.2) is 24.3 Å². The molecule has 2 amide bonds. The molecule has 0 spiro atoms. The van der Waals surface area contributed by atoms with Gasteiger partial charge in [0.15, 0.2) is 6.61 Å². The summed E-state index contributed by atoms with van der Waals surface area (Å²) in [7, 11) is 0. The summed E-state index contributed by atoms with van der Waals surface area (Å²) in [5.74, 6) is 0.589. The first-order valence-corrected chi connectivity index (χ1v) is 7.55. The molecule has 1 aliphatic rings. The van der Waals surface area contributed by atoms with Crippen molar-refractivity contribution in [3.8, 4) is 5.75 Å². The smallest absolute Gasteiger partial charge is 0.258 e. The topological polar surface area (TPSA) is 58.6 Å². The number of rotatable bonds is 4. The lowest BCUT2D eigenvalue weighted by Gasteiger charge is -2.32. The molecule has 1 aliphatic heterocycles. The summed E-state index contributed by atoms with van der Waals surface area (Å²) in [6, 6.07) is 7.43. The van der Waals surface area contributed by atoms with E-state index in [4.69, 9.17) is 4.74 Å². The summed E-state index contributed by atoms with van der Waals surface area (Å²) in [6.07, 6.45) is 0.355. The maximum absolute atomic E-state index is 12.0. The van der Waals surface area contributed by atoms with E-state index in [1.165, 1.54) is 0 Å². The van der Waals surface area contributed by atoms with Crippen molar-refractivity contribution in [2.75, 3.05) is 13.2 Å². The number of likely N-dealkylation sites (tertiary alicyclic amines) is 1. The number of para-hydroxylation sites is 1. The number of nitrogens with zero attached hydrogens (tertiary/aromatic N) is 1. The number of nitrogens with one attached hydrogen (secondary N) is 1. The number of ether oxygens (including phenoxy) is 1. The first-order chi connectivity index (χ1) is 10.3. The molecule has 0 radical (unpaired) electrons. The zero-order chi connectivity index (χ0) is 16.3. The van der Waals surface area contributed by atoms with Crippen LogP contribution < -0.4 is 10.1 Å². The maximum atomic E-state index is 12.0. The van der Waals surface area contributed by atoms with E-state index in [9.17, 15) is 9.59 Å². The van der Waals surface area contributed by atoms with Gasteiger partial charge in [-0.15, -0.1) is 0 Å². The monoisotopic (exact) mass is 304 g/mol. The fraction of sp³-hybridized carbons (Fsp3) is 0.529. The Morgan fingerprint density at radius 1 is 1.36 bits per heavy atom. The van der Waals surface area contributed by atoms with Crippen molar-refractivity contribution in [1.82, 2.24) is 10.2 Å². The molecule has 0 bridgehead atoms.